The third kappa shape index (κ3) is 5.25. The fourth-order valence-electron chi connectivity index (χ4n) is 1.02. The van der Waals surface area contributed by atoms with Crippen molar-refractivity contribution < 1.29 is 35.8 Å². The number of ether oxygens (including phenoxy) is 2. The van der Waals surface area contributed by atoms with Gasteiger partial charge in [0.1, 0.15) is 0 Å². The second kappa shape index (κ2) is 5.14. The van der Waals surface area contributed by atoms with E-state index in [0.29, 0.717) is 12.1 Å². The van der Waals surface area contributed by atoms with Gasteiger partial charge in [0, 0.05) is 10.6 Å². The lowest BCUT2D eigenvalue weighted by Gasteiger charge is -2.15. The number of halogens is 6. The lowest BCUT2D eigenvalue weighted by Crippen LogP contribution is -2.21. The third-order valence-corrected chi connectivity index (χ3v) is 1.54. The van der Waals surface area contributed by atoms with E-state index in [4.69, 9.17) is 5.53 Å². The normalized spacial score (nSPS) is 11.7. The largest absolute Gasteiger partial charge is 0.573 e. The maximum atomic E-state index is 12.0. The summed E-state index contributed by atoms with van der Waals surface area (Å²) in [6, 6.07) is 1.84. The zero-order chi connectivity index (χ0) is 14.7. The Balaban J connectivity index is 3.18. The molecule has 0 aliphatic rings. The van der Waals surface area contributed by atoms with Crippen molar-refractivity contribution in [3.8, 4) is 11.5 Å². The summed E-state index contributed by atoms with van der Waals surface area (Å²) in [6.45, 7) is 0. The Kier molecular flexibility index (Phi) is 4.00. The molecule has 0 spiro atoms. The molecule has 0 amide bonds. The highest BCUT2D eigenvalue weighted by molar-refractivity contribution is 5.51. The van der Waals surface area contributed by atoms with Gasteiger partial charge in [-0.15, -0.1) is 26.3 Å². The van der Waals surface area contributed by atoms with Crippen molar-refractivity contribution in [1.29, 1.82) is 0 Å². The first kappa shape index (κ1) is 14.8. The van der Waals surface area contributed by atoms with Crippen molar-refractivity contribution in [1.82, 2.24) is 0 Å². The Morgan fingerprint density at radius 2 is 1.47 bits per heavy atom. The van der Waals surface area contributed by atoms with Gasteiger partial charge < -0.3 is 9.47 Å². The first-order chi connectivity index (χ1) is 8.61. The minimum Gasteiger partial charge on any atom is -0.402 e. The molecular weight excluding hydrogens is 284 g/mol. The molecule has 0 saturated carbocycles. The third-order valence-electron chi connectivity index (χ3n) is 1.54. The zero-order valence-corrected chi connectivity index (χ0v) is 8.66. The molecule has 0 aromatic heterocycles. The molecule has 19 heavy (non-hydrogen) atoms. The molecule has 0 heterocycles. The van der Waals surface area contributed by atoms with E-state index in [1.807, 2.05) is 0 Å². The highest BCUT2D eigenvalue weighted by atomic mass is 19.4. The smallest absolute Gasteiger partial charge is 0.402 e. The number of hydrogen-bond acceptors (Lipinski definition) is 3. The fraction of sp³-hybridized carbons (Fsp3) is 0.250. The van der Waals surface area contributed by atoms with Gasteiger partial charge in [0.25, 0.3) is 0 Å². The number of rotatable bonds is 3. The predicted molar refractivity (Wildman–Crippen MR) is 48.6 cm³/mol. The molecule has 0 saturated heterocycles. The van der Waals surface area contributed by atoms with Crippen molar-refractivity contribution >= 4 is 5.69 Å². The SMILES string of the molecule is [N-]=[N+]=Nc1ccc(OC(F)(F)F)c(OC(F)(F)F)c1. The molecule has 0 unspecified atom stereocenters. The van der Waals surface area contributed by atoms with Gasteiger partial charge >= 0.3 is 12.7 Å². The van der Waals surface area contributed by atoms with E-state index in [0.717, 1.165) is 6.07 Å². The topological polar surface area (TPSA) is 67.2 Å². The maximum absolute atomic E-state index is 12.0. The van der Waals surface area contributed by atoms with Gasteiger partial charge in [0.2, 0.25) is 0 Å². The predicted octanol–water partition coefficient (Wildman–Crippen LogP) is 4.43. The molecule has 0 bridgehead atoms. The van der Waals surface area contributed by atoms with Gasteiger partial charge in [0.05, 0.1) is 0 Å². The summed E-state index contributed by atoms with van der Waals surface area (Å²) in [4.78, 5) is 2.27. The molecule has 0 N–H and O–H groups in total. The van der Waals surface area contributed by atoms with Gasteiger partial charge in [-0.2, -0.15) is 0 Å². The van der Waals surface area contributed by atoms with E-state index in [1.165, 1.54) is 0 Å². The summed E-state index contributed by atoms with van der Waals surface area (Å²) < 4.78 is 78.6. The van der Waals surface area contributed by atoms with Crippen LogP contribution in [0.5, 0.6) is 11.5 Å². The summed E-state index contributed by atoms with van der Waals surface area (Å²) in [7, 11) is 0. The number of alkyl halides is 6. The summed E-state index contributed by atoms with van der Waals surface area (Å²) in [6.07, 6.45) is -10.4. The summed E-state index contributed by atoms with van der Waals surface area (Å²) in [5.74, 6) is -2.48. The molecule has 104 valence electrons. The van der Waals surface area contributed by atoms with Crippen molar-refractivity contribution in [2.45, 2.75) is 12.7 Å². The van der Waals surface area contributed by atoms with E-state index in [9.17, 15) is 26.3 Å². The van der Waals surface area contributed by atoms with Crippen LogP contribution < -0.4 is 9.47 Å². The molecule has 0 aliphatic carbocycles. The first-order valence-electron chi connectivity index (χ1n) is 4.31. The van der Waals surface area contributed by atoms with Crippen LogP contribution in [0, 0.1) is 0 Å². The van der Waals surface area contributed by atoms with Crippen molar-refractivity contribution in [3.63, 3.8) is 0 Å². The number of azide groups is 1. The average Bonchev–Trinajstić information content (AvgIpc) is 2.18. The van der Waals surface area contributed by atoms with Crippen LogP contribution in [-0.4, -0.2) is 12.7 Å². The molecule has 0 atom stereocenters. The first-order valence-corrected chi connectivity index (χ1v) is 4.31. The summed E-state index contributed by atoms with van der Waals surface area (Å²) >= 11 is 0. The van der Waals surface area contributed by atoms with Crippen molar-refractivity contribution in [2.75, 3.05) is 0 Å². The number of benzene rings is 1. The van der Waals surface area contributed by atoms with Crippen molar-refractivity contribution in [3.05, 3.63) is 28.6 Å². The zero-order valence-electron chi connectivity index (χ0n) is 8.66. The lowest BCUT2D eigenvalue weighted by molar-refractivity contribution is -0.287. The molecule has 1 aromatic rings. The quantitative estimate of drug-likeness (QED) is 0.357. The molecule has 0 radical (unpaired) electrons. The molecule has 11 heteroatoms. The maximum Gasteiger partial charge on any atom is 0.573 e. The van der Waals surface area contributed by atoms with Crippen LogP contribution >= 0.6 is 0 Å². The number of nitrogens with zero attached hydrogens (tertiary/aromatic N) is 3. The molecule has 1 rings (SSSR count). The Labute approximate surface area is 101 Å². The van der Waals surface area contributed by atoms with Crippen LogP contribution in [0.1, 0.15) is 0 Å². The van der Waals surface area contributed by atoms with Gasteiger partial charge in [-0.05, 0) is 23.7 Å². The van der Waals surface area contributed by atoms with Crippen LogP contribution in [0.4, 0.5) is 32.0 Å². The highest BCUT2D eigenvalue weighted by Gasteiger charge is 2.36. The molecular formula is C8H3F6N3O2. The van der Waals surface area contributed by atoms with Crippen LogP contribution in [-0.2, 0) is 0 Å². The Hall–Kier alpha value is -2.29. The van der Waals surface area contributed by atoms with Gasteiger partial charge in [-0.3, -0.25) is 0 Å². The molecule has 5 nitrogen and oxygen atoms in total. The van der Waals surface area contributed by atoms with Gasteiger partial charge in [0.15, 0.2) is 11.5 Å². The molecule has 0 fully saturated rings. The van der Waals surface area contributed by atoms with Crippen LogP contribution in [0.25, 0.3) is 10.4 Å². The van der Waals surface area contributed by atoms with E-state index < -0.39 is 24.2 Å². The van der Waals surface area contributed by atoms with Crippen LogP contribution in [0.3, 0.4) is 0 Å². The number of hydrogen-bond donors (Lipinski definition) is 0. The minimum atomic E-state index is -5.22. The van der Waals surface area contributed by atoms with Gasteiger partial charge in [-0.25, -0.2) is 0 Å². The highest BCUT2D eigenvalue weighted by Crippen LogP contribution is 2.38. The average molecular weight is 287 g/mol. The van der Waals surface area contributed by atoms with E-state index >= 15 is 0 Å². The Morgan fingerprint density at radius 3 is 1.95 bits per heavy atom. The van der Waals surface area contributed by atoms with Crippen LogP contribution in [0.15, 0.2) is 23.3 Å². The Bertz CT molecular complexity index is 506. The van der Waals surface area contributed by atoms with Gasteiger partial charge in [-0.1, -0.05) is 5.11 Å². The molecule has 0 aliphatic heterocycles. The summed E-state index contributed by atoms with van der Waals surface area (Å²) in [5, 5.41) is 2.93. The second-order valence-corrected chi connectivity index (χ2v) is 2.92. The standard InChI is InChI=1S/C8H3F6N3O2/c9-7(10,11)18-5-2-1-4(16-17-15)3-6(5)19-8(12,13)14/h1-3H. The second-order valence-electron chi connectivity index (χ2n) is 2.92. The summed E-state index contributed by atoms with van der Waals surface area (Å²) in [5.41, 5.74) is 7.72. The van der Waals surface area contributed by atoms with Crippen LogP contribution in [0.2, 0.25) is 0 Å². The Morgan fingerprint density at radius 1 is 0.947 bits per heavy atom. The van der Waals surface area contributed by atoms with E-state index in [1.54, 1.807) is 0 Å². The molecule has 1 aromatic carbocycles. The lowest BCUT2D eigenvalue weighted by atomic mass is 10.3. The minimum absolute atomic E-state index is 0.365. The fourth-order valence-corrected chi connectivity index (χ4v) is 1.02. The van der Waals surface area contributed by atoms with E-state index in [-0.39, 0.29) is 5.69 Å². The monoisotopic (exact) mass is 287 g/mol. The van der Waals surface area contributed by atoms with E-state index in [2.05, 4.69) is 19.5 Å². The van der Waals surface area contributed by atoms with Crippen molar-refractivity contribution in [2.24, 2.45) is 5.11 Å².